The molecule has 21 heavy (non-hydrogen) atoms. The zero-order valence-corrected chi connectivity index (χ0v) is 14.0. The molecule has 0 radical (unpaired) electrons. The molecule has 1 aromatic rings. The molecule has 0 amide bonds. The maximum absolute atomic E-state index is 10.9. The normalized spacial score (nSPS) is 19.7. The summed E-state index contributed by atoms with van der Waals surface area (Å²) in [6.07, 6.45) is 6.09. The molecular formula is C19H31NO. The molecule has 2 atom stereocenters. The van der Waals surface area contributed by atoms with Crippen LogP contribution in [0.15, 0.2) is 18.2 Å². The standard InChI is InChI=1S/C19H31NO/c1-13(2)18(20-16-8-6-5-7-9-16)19(21)17-11-10-14(3)12-15(17)4/h10-13,16,18-21H,5-9H2,1-4H3. The molecule has 1 aliphatic carbocycles. The Morgan fingerprint density at radius 2 is 1.76 bits per heavy atom. The van der Waals surface area contributed by atoms with Crippen molar-refractivity contribution in [1.82, 2.24) is 5.32 Å². The first kappa shape index (κ1) is 16.5. The van der Waals surface area contributed by atoms with Crippen LogP contribution in [0.1, 0.15) is 68.7 Å². The minimum Gasteiger partial charge on any atom is -0.387 e. The Labute approximate surface area is 130 Å². The summed E-state index contributed by atoms with van der Waals surface area (Å²) in [4.78, 5) is 0. The van der Waals surface area contributed by atoms with E-state index >= 15 is 0 Å². The lowest BCUT2D eigenvalue weighted by atomic mass is 9.88. The van der Waals surface area contributed by atoms with E-state index in [1.54, 1.807) is 0 Å². The van der Waals surface area contributed by atoms with Gasteiger partial charge in [0.2, 0.25) is 0 Å². The molecule has 0 bridgehead atoms. The average molecular weight is 289 g/mol. The Hall–Kier alpha value is -0.860. The highest BCUT2D eigenvalue weighted by Gasteiger charge is 2.28. The van der Waals surface area contributed by atoms with Crippen LogP contribution >= 0.6 is 0 Å². The summed E-state index contributed by atoms with van der Waals surface area (Å²) in [7, 11) is 0. The second kappa shape index (κ2) is 7.42. The Balaban J connectivity index is 2.12. The molecule has 0 saturated heterocycles. The van der Waals surface area contributed by atoms with Crippen LogP contribution in [-0.4, -0.2) is 17.2 Å². The Morgan fingerprint density at radius 3 is 2.33 bits per heavy atom. The fraction of sp³-hybridized carbons (Fsp3) is 0.684. The topological polar surface area (TPSA) is 32.3 Å². The van der Waals surface area contributed by atoms with Crippen molar-refractivity contribution in [2.24, 2.45) is 5.92 Å². The number of benzene rings is 1. The van der Waals surface area contributed by atoms with Crippen molar-refractivity contribution in [1.29, 1.82) is 0 Å². The molecule has 2 unspecified atom stereocenters. The lowest BCUT2D eigenvalue weighted by Crippen LogP contribution is -2.46. The van der Waals surface area contributed by atoms with E-state index in [1.807, 2.05) is 0 Å². The van der Waals surface area contributed by atoms with Gasteiger partial charge in [0.05, 0.1) is 6.10 Å². The predicted molar refractivity (Wildman–Crippen MR) is 89.5 cm³/mol. The quantitative estimate of drug-likeness (QED) is 0.848. The molecule has 0 aromatic heterocycles. The molecule has 1 saturated carbocycles. The molecule has 1 fully saturated rings. The van der Waals surface area contributed by atoms with Crippen LogP contribution < -0.4 is 5.32 Å². The number of hydrogen-bond donors (Lipinski definition) is 2. The number of nitrogens with one attached hydrogen (secondary N) is 1. The first-order valence-corrected chi connectivity index (χ1v) is 8.50. The summed E-state index contributed by atoms with van der Waals surface area (Å²) in [6, 6.07) is 7.06. The van der Waals surface area contributed by atoms with Crippen molar-refractivity contribution in [3.63, 3.8) is 0 Å². The van der Waals surface area contributed by atoms with E-state index in [1.165, 1.54) is 43.2 Å². The molecule has 0 spiro atoms. The van der Waals surface area contributed by atoms with Crippen molar-refractivity contribution in [2.45, 2.75) is 78.0 Å². The molecule has 1 aliphatic rings. The third kappa shape index (κ3) is 4.31. The molecule has 0 heterocycles. The van der Waals surface area contributed by atoms with E-state index in [0.717, 1.165) is 5.56 Å². The number of aryl methyl sites for hydroxylation is 2. The lowest BCUT2D eigenvalue weighted by Gasteiger charge is -2.34. The van der Waals surface area contributed by atoms with Crippen molar-refractivity contribution < 1.29 is 5.11 Å². The summed E-state index contributed by atoms with van der Waals surface area (Å²) in [5, 5.41) is 14.6. The Kier molecular flexibility index (Phi) is 5.83. The van der Waals surface area contributed by atoms with Crippen LogP contribution in [0.25, 0.3) is 0 Å². The second-order valence-corrected chi connectivity index (χ2v) is 7.08. The summed E-state index contributed by atoms with van der Waals surface area (Å²) >= 11 is 0. The van der Waals surface area contributed by atoms with Crippen molar-refractivity contribution in [3.05, 3.63) is 34.9 Å². The fourth-order valence-corrected chi connectivity index (χ4v) is 3.54. The summed E-state index contributed by atoms with van der Waals surface area (Å²) in [5.41, 5.74) is 3.52. The molecule has 1 aromatic carbocycles. The SMILES string of the molecule is Cc1ccc(C(O)C(NC2CCCCC2)C(C)C)c(C)c1. The monoisotopic (exact) mass is 289 g/mol. The molecule has 0 aliphatic heterocycles. The van der Waals surface area contributed by atoms with Gasteiger partial charge in [0.1, 0.15) is 0 Å². The Bertz CT molecular complexity index is 449. The third-order valence-corrected chi connectivity index (χ3v) is 4.84. The van der Waals surface area contributed by atoms with E-state index < -0.39 is 6.10 Å². The second-order valence-electron chi connectivity index (χ2n) is 7.08. The highest BCUT2D eigenvalue weighted by molar-refractivity contribution is 5.32. The fourth-order valence-electron chi connectivity index (χ4n) is 3.54. The van der Waals surface area contributed by atoms with Gasteiger partial charge in [0.15, 0.2) is 0 Å². The van der Waals surface area contributed by atoms with E-state index in [-0.39, 0.29) is 6.04 Å². The number of rotatable bonds is 5. The van der Waals surface area contributed by atoms with Gasteiger partial charge in [0.25, 0.3) is 0 Å². The molecule has 118 valence electrons. The molecule has 2 N–H and O–H groups in total. The van der Waals surface area contributed by atoms with Gasteiger partial charge < -0.3 is 10.4 Å². The van der Waals surface area contributed by atoms with Crippen LogP contribution in [-0.2, 0) is 0 Å². The molecule has 2 heteroatoms. The van der Waals surface area contributed by atoms with Gasteiger partial charge in [-0.3, -0.25) is 0 Å². The first-order chi connectivity index (χ1) is 9.99. The van der Waals surface area contributed by atoms with Crippen molar-refractivity contribution >= 4 is 0 Å². The van der Waals surface area contributed by atoms with Gasteiger partial charge in [-0.1, -0.05) is 56.9 Å². The van der Waals surface area contributed by atoms with Gasteiger partial charge in [-0.25, -0.2) is 0 Å². The van der Waals surface area contributed by atoms with E-state index in [0.29, 0.717) is 12.0 Å². The summed E-state index contributed by atoms with van der Waals surface area (Å²) < 4.78 is 0. The highest BCUT2D eigenvalue weighted by Crippen LogP contribution is 2.27. The minimum absolute atomic E-state index is 0.134. The van der Waals surface area contributed by atoms with Crippen LogP contribution in [0.5, 0.6) is 0 Å². The van der Waals surface area contributed by atoms with E-state index in [4.69, 9.17) is 0 Å². The van der Waals surface area contributed by atoms with Crippen LogP contribution in [0.3, 0.4) is 0 Å². The maximum Gasteiger partial charge on any atom is 0.0948 e. The van der Waals surface area contributed by atoms with Crippen LogP contribution in [0.2, 0.25) is 0 Å². The van der Waals surface area contributed by atoms with Crippen molar-refractivity contribution in [2.75, 3.05) is 0 Å². The zero-order chi connectivity index (χ0) is 15.4. The maximum atomic E-state index is 10.9. The summed E-state index contributed by atoms with van der Waals surface area (Å²) in [5.74, 6) is 0.419. The Morgan fingerprint density at radius 1 is 1.10 bits per heavy atom. The van der Waals surface area contributed by atoms with Gasteiger partial charge in [-0.15, -0.1) is 0 Å². The number of aliphatic hydroxyl groups is 1. The molecule has 2 nitrogen and oxygen atoms in total. The molecule has 2 rings (SSSR count). The van der Waals surface area contributed by atoms with Crippen molar-refractivity contribution in [3.8, 4) is 0 Å². The predicted octanol–water partition coefficient (Wildman–Crippen LogP) is 4.28. The smallest absolute Gasteiger partial charge is 0.0948 e. The summed E-state index contributed by atoms with van der Waals surface area (Å²) in [6.45, 7) is 8.60. The van der Waals surface area contributed by atoms with Gasteiger partial charge in [-0.05, 0) is 43.7 Å². The van der Waals surface area contributed by atoms with Gasteiger partial charge >= 0.3 is 0 Å². The highest BCUT2D eigenvalue weighted by atomic mass is 16.3. The lowest BCUT2D eigenvalue weighted by molar-refractivity contribution is 0.0929. The average Bonchev–Trinajstić information content (AvgIpc) is 2.45. The van der Waals surface area contributed by atoms with Gasteiger partial charge in [-0.2, -0.15) is 0 Å². The largest absolute Gasteiger partial charge is 0.387 e. The number of aliphatic hydroxyl groups excluding tert-OH is 1. The molecular weight excluding hydrogens is 258 g/mol. The van der Waals surface area contributed by atoms with E-state index in [9.17, 15) is 5.11 Å². The minimum atomic E-state index is -0.424. The first-order valence-electron chi connectivity index (χ1n) is 8.50. The zero-order valence-electron chi connectivity index (χ0n) is 14.0. The third-order valence-electron chi connectivity index (χ3n) is 4.84. The van der Waals surface area contributed by atoms with Crippen LogP contribution in [0, 0.1) is 19.8 Å². The number of hydrogen-bond acceptors (Lipinski definition) is 2. The van der Waals surface area contributed by atoms with Gasteiger partial charge in [0, 0.05) is 12.1 Å². The van der Waals surface area contributed by atoms with Crippen LogP contribution in [0.4, 0.5) is 0 Å². The van der Waals surface area contributed by atoms with E-state index in [2.05, 4.69) is 51.2 Å².